The number of aryl methyl sites for hydroxylation is 2. The highest BCUT2D eigenvalue weighted by Crippen LogP contribution is 2.47. The number of hydrogen-bond acceptors (Lipinski definition) is 3. The molecule has 2 aromatic rings. The minimum Gasteiger partial charge on any atom is -0.497 e. The molecule has 0 atom stereocenters. The van der Waals surface area contributed by atoms with Gasteiger partial charge in [0.25, 0.3) is 0 Å². The highest BCUT2D eigenvalue weighted by atomic mass is 16.5. The van der Waals surface area contributed by atoms with Gasteiger partial charge in [-0.15, -0.1) is 0 Å². The zero-order chi connectivity index (χ0) is 18.0. The summed E-state index contributed by atoms with van der Waals surface area (Å²) in [4.78, 5) is 25.4. The van der Waals surface area contributed by atoms with Crippen molar-refractivity contribution in [2.75, 3.05) is 17.7 Å². The second-order valence-electron chi connectivity index (χ2n) is 6.49. The Morgan fingerprint density at radius 3 is 2.00 bits per heavy atom. The van der Waals surface area contributed by atoms with Gasteiger partial charge in [0.15, 0.2) is 0 Å². The van der Waals surface area contributed by atoms with Crippen molar-refractivity contribution in [2.45, 2.75) is 26.7 Å². The van der Waals surface area contributed by atoms with Gasteiger partial charge in [-0.25, -0.2) is 0 Å². The van der Waals surface area contributed by atoms with Gasteiger partial charge in [-0.1, -0.05) is 18.2 Å². The largest absolute Gasteiger partial charge is 0.497 e. The van der Waals surface area contributed by atoms with E-state index in [0.717, 1.165) is 16.8 Å². The van der Waals surface area contributed by atoms with Crippen LogP contribution in [0.25, 0.3) is 0 Å². The number of ether oxygens (including phenoxy) is 1. The van der Waals surface area contributed by atoms with Gasteiger partial charge in [0.05, 0.1) is 7.11 Å². The van der Waals surface area contributed by atoms with Crippen LogP contribution in [-0.2, 0) is 9.59 Å². The Bertz CT molecular complexity index is 788. The van der Waals surface area contributed by atoms with Gasteiger partial charge in [0, 0.05) is 11.4 Å². The van der Waals surface area contributed by atoms with Crippen LogP contribution in [0, 0.1) is 19.3 Å². The number of para-hydroxylation sites is 1. The molecule has 130 valence electrons. The monoisotopic (exact) mass is 338 g/mol. The molecule has 1 fully saturated rings. The first-order valence-corrected chi connectivity index (χ1v) is 8.29. The lowest BCUT2D eigenvalue weighted by Gasteiger charge is -2.18. The van der Waals surface area contributed by atoms with Crippen LogP contribution in [0.3, 0.4) is 0 Å². The van der Waals surface area contributed by atoms with E-state index in [0.29, 0.717) is 24.3 Å². The Labute approximate surface area is 147 Å². The van der Waals surface area contributed by atoms with Crippen LogP contribution >= 0.6 is 0 Å². The van der Waals surface area contributed by atoms with E-state index < -0.39 is 5.41 Å². The molecule has 1 saturated carbocycles. The Morgan fingerprint density at radius 1 is 0.920 bits per heavy atom. The molecular formula is C20H22N2O3. The van der Waals surface area contributed by atoms with E-state index in [2.05, 4.69) is 10.6 Å². The lowest BCUT2D eigenvalue weighted by atomic mass is 10.0. The second-order valence-corrected chi connectivity index (χ2v) is 6.49. The zero-order valence-corrected chi connectivity index (χ0v) is 14.7. The van der Waals surface area contributed by atoms with Crippen LogP contribution < -0.4 is 15.4 Å². The molecule has 0 spiro atoms. The van der Waals surface area contributed by atoms with Crippen LogP contribution in [0.1, 0.15) is 24.0 Å². The van der Waals surface area contributed by atoms with Crippen molar-refractivity contribution >= 4 is 23.2 Å². The Balaban J connectivity index is 1.72. The average molecular weight is 338 g/mol. The van der Waals surface area contributed by atoms with Crippen LogP contribution in [0.15, 0.2) is 42.5 Å². The molecule has 0 heterocycles. The Morgan fingerprint density at radius 2 is 1.48 bits per heavy atom. The lowest BCUT2D eigenvalue weighted by molar-refractivity contribution is -0.131. The number of carbonyl (C=O) groups excluding carboxylic acids is 2. The normalized spacial score (nSPS) is 14.5. The summed E-state index contributed by atoms with van der Waals surface area (Å²) in [5.41, 5.74) is 2.43. The third-order valence-electron chi connectivity index (χ3n) is 4.69. The van der Waals surface area contributed by atoms with E-state index in [1.165, 1.54) is 0 Å². The van der Waals surface area contributed by atoms with Gasteiger partial charge in [0.1, 0.15) is 11.2 Å². The first kappa shape index (κ1) is 17.0. The Hall–Kier alpha value is -2.82. The van der Waals surface area contributed by atoms with E-state index in [4.69, 9.17) is 4.74 Å². The van der Waals surface area contributed by atoms with Crippen molar-refractivity contribution in [3.8, 4) is 5.75 Å². The van der Waals surface area contributed by atoms with E-state index in [1.54, 1.807) is 31.4 Å². The molecule has 0 unspecified atom stereocenters. The SMILES string of the molecule is COc1ccc(NC(=O)C2(C(=O)Nc3c(C)cccc3C)CC2)cc1. The van der Waals surface area contributed by atoms with Crippen LogP contribution in [-0.4, -0.2) is 18.9 Å². The van der Waals surface area contributed by atoms with Gasteiger partial charge in [-0.05, 0) is 62.1 Å². The second kappa shape index (κ2) is 6.59. The van der Waals surface area contributed by atoms with Crippen LogP contribution in [0.4, 0.5) is 11.4 Å². The average Bonchev–Trinajstić information content (AvgIpc) is 3.41. The van der Waals surface area contributed by atoms with Gasteiger partial charge in [0.2, 0.25) is 11.8 Å². The molecule has 2 N–H and O–H groups in total. The molecule has 5 nitrogen and oxygen atoms in total. The summed E-state index contributed by atoms with van der Waals surface area (Å²) in [6.45, 7) is 3.89. The molecule has 0 saturated heterocycles. The number of methoxy groups -OCH3 is 1. The fourth-order valence-electron chi connectivity index (χ4n) is 2.85. The molecule has 0 aliphatic heterocycles. The molecule has 2 aromatic carbocycles. The van der Waals surface area contributed by atoms with Gasteiger partial charge in [-0.2, -0.15) is 0 Å². The van der Waals surface area contributed by atoms with Crippen molar-refractivity contribution in [2.24, 2.45) is 5.41 Å². The predicted molar refractivity (Wildman–Crippen MR) is 97.8 cm³/mol. The zero-order valence-electron chi connectivity index (χ0n) is 14.7. The molecule has 3 rings (SSSR count). The van der Waals surface area contributed by atoms with Crippen molar-refractivity contribution in [3.05, 3.63) is 53.6 Å². The molecule has 0 radical (unpaired) electrons. The van der Waals surface area contributed by atoms with Gasteiger partial charge < -0.3 is 15.4 Å². The molecule has 1 aliphatic carbocycles. The van der Waals surface area contributed by atoms with Gasteiger partial charge >= 0.3 is 0 Å². The van der Waals surface area contributed by atoms with Crippen LogP contribution in [0.2, 0.25) is 0 Å². The van der Waals surface area contributed by atoms with Crippen molar-refractivity contribution in [3.63, 3.8) is 0 Å². The maximum atomic E-state index is 12.7. The maximum absolute atomic E-state index is 12.7. The summed E-state index contributed by atoms with van der Waals surface area (Å²) in [7, 11) is 1.59. The molecule has 25 heavy (non-hydrogen) atoms. The first-order chi connectivity index (χ1) is 12.0. The number of nitrogens with one attached hydrogen (secondary N) is 2. The fraction of sp³-hybridized carbons (Fsp3) is 0.300. The summed E-state index contributed by atoms with van der Waals surface area (Å²) < 4.78 is 5.10. The number of benzene rings is 2. The highest BCUT2D eigenvalue weighted by Gasteiger charge is 2.56. The minimum absolute atomic E-state index is 0.240. The van der Waals surface area contributed by atoms with E-state index in [-0.39, 0.29) is 11.8 Å². The third-order valence-corrected chi connectivity index (χ3v) is 4.69. The topological polar surface area (TPSA) is 67.4 Å². The summed E-state index contributed by atoms with van der Waals surface area (Å²) in [5.74, 6) is 0.212. The van der Waals surface area contributed by atoms with Crippen molar-refractivity contribution in [1.82, 2.24) is 0 Å². The van der Waals surface area contributed by atoms with Gasteiger partial charge in [-0.3, -0.25) is 9.59 Å². The molecular weight excluding hydrogens is 316 g/mol. The Kier molecular flexibility index (Phi) is 4.49. The fourth-order valence-corrected chi connectivity index (χ4v) is 2.85. The smallest absolute Gasteiger partial charge is 0.240 e. The molecule has 1 aliphatic rings. The molecule has 0 bridgehead atoms. The number of anilines is 2. The van der Waals surface area contributed by atoms with E-state index in [1.807, 2.05) is 32.0 Å². The molecule has 5 heteroatoms. The summed E-state index contributed by atoms with van der Waals surface area (Å²) in [6.07, 6.45) is 1.12. The predicted octanol–water partition coefficient (Wildman–Crippen LogP) is 3.67. The van der Waals surface area contributed by atoms with Crippen molar-refractivity contribution < 1.29 is 14.3 Å². The van der Waals surface area contributed by atoms with Crippen molar-refractivity contribution in [1.29, 1.82) is 0 Å². The maximum Gasteiger partial charge on any atom is 0.240 e. The number of amides is 2. The van der Waals surface area contributed by atoms with E-state index >= 15 is 0 Å². The summed E-state index contributed by atoms with van der Waals surface area (Å²) in [5, 5.41) is 5.78. The summed E-state index contributed by atoms with van der Waals surface area (Å²) in [6, 6.07) is 12.9. The first-order valence-electron chi connectivity index (χ1n) is 8.29. The lowest BCUT2D eigenvalue weighted by Crippen LogP contribution is -2.36. The van der Waals surface area contributed by atoms with Crippen LogP contribution in [0.5, 0.6) is 5.75 Å². The number of carbonyl (C=O) groups is 2. The molecule has 2 amide bonds. The third kappa shape index (κ3) is 3.36. The number of hydrogen-bond donors (Lipinski definition) is 2. The standard InChI is InChI=1S/C20H22N2O3/c1-13-5-4-6-14(2)17(13)22-19(24)20(11-12-20)18(23)21-15-7-9-16(25-3)10-8-15/h4-10H,11-12H2,1-3H3,(H,21,23)(H,22,24). The minimum atomic E-state index is -0.978. The van der Waals surface area contributed by atoms with E-state index in [9.17, 15) is 9.59 Å². The molecule has 0 aromatic heterocycles. The number of rotatable bonds is 5. The highest BCUT2D eigenvalue weighted by molar-refractivity contribution is 6.17. The quantitative estimate of drug-likeness (QED) is 0.818. The summed E-state index contributed by atoms with van der Waals surface area (Å²) >= 11 is 0.